The number of nitrogens with zero attached hydrogens (tertiary/aromatic N) is 1. The largest absolute Gasteiger partial charge is 0.495 e. The summed E-state index contributed by atoms with van der Waals surface area (Å²) < 4.78 is 5.02. The first-order chi connectivity index (χ1) is 7.63. The van der Waals surface area contributed by atoms with E-state index in [1.54, 1.807) is 25.6 Å². The number of methoxy groups -OCH3 is 1. The van der Waals surface area contributed by atoms with Gasteiger partial charge in [-0.05, 0) is 6.07 Å². The van der Waals surface area contributed by atoms with E-state index in [1.165, 1.54) is 0 Å². The Morgan fingerprint density at radius 3 is 2.88 bits per heavy atom. The van der Waals surface area contributed by atoms with Gasteiger partial charge in [0.2, 0.25) is 0 Å². The molecule has 1 heterocycles. The van der Waals surface area contributed by atoms with E-state index in [4.69, 9.17) is 4.74 Å². The zero-order valence-electron chi connectivity index (χ0n) is 9.99. The van der Waals surface area contributed by atoms with E-state index < -0.39 is 0 Å². The Bertz CT molecular complexity index is 351. The Kier molecular flexibility index (Phi) is 4.92. The molecule has 0 amide bonds. The van der Waals surface area contributed by atoms with Gasteiger partial charge in [-0.3, -0.25) is 9.78 Å². The van der Waals surface area contributed by atoms with Crippen LogP contribution in [0.2, 0.25) is 0 Å². The predicted molar refractivity (Wildman–Crippen MR) is 62.9 cm³/mol. The Labute approximate surface area is 96.0 Å². The highest BCUT2D eigenvalue weighted by molar-refractivity contribution is 5.96. The van der Waals surface area contributed by atoms with E-state index in [0.717, 1.165) is 0 Å². The van der Waals surface area contributed by atoms with Crippen LogP contribution in [-0.2, 0) is 0 Å². The van der Waals surface area contributed by atoms with Crippen molar-refractivity contribution < 1.29 is 9.53 Å². The Morgan fingerprint density at radius 1 is 1.50 bits per heavy atom. The summed E-state index contributed by atoms with van der Waals surface area (Å²) in [6.07, 6.45) is 3.64. The van der Waals surface area contributed by atoms with Crippen LogP contribution in [0.15, 0.2) is 18.5 Å². The molecular weight excluding hydrogens is 204 g/mol. The first-order valence-electron chi connectivity index (χ1n) is 5.39. The molecule has 16 heavy (non-hydrogen) atoms. The normalized spacial score (nSPS) is 10.5. The van der Waals surface area contributed by atoms with Gasteiger partial charge in [-0.1, -0.05) is 13.8 Å². The minimum absolute atomic E-state index is 0.0829. The lowest BCUT2D eigenvalue weighted by atomic mass is 10.1. The lowest BCUT2D eigenvalue weighted by molar-refractivity contribution is 0.0981. The van der Waals surface area contributed by atoms with Gasteiger partial charge in [0, 0.05) is 30.8 Å². The van der Waals surface area contributed by atoms with Crippen molar-refractivity contribution in [3.63, 3.8) is 0 Å². The fraction of sp³-hybridized carbons (Fsp3) is 0.500. The molecule has 4 nitrogen and oxygen atoms in total. The molecule has 1 aromatic rings. The van der Waals surface area contributed by atoms with Crippen molar-refractivity contribution in [1.82, 2.24) is 10.3 Å². The third kappa shape index (κ3) is 3.98. The number of ketones is 1. The van der Waals surface area contributed by atoms with Gasteiger partial charge in [0.1, 0.15) is 5.75 Å². The van der Waals surface area contributed by atoms with Gasteiger partial charge in [-0.2, -0.15) is 0 Å². The van der Waals surface area contributed by atoms with E-state index in [-0.39, 0.29) is 5.78 Å². The summed E-state index contributed by atoms with van der Waals surface area (Å²) in [6.45, 7) is 4.79. The number of carbonyl (C=O) groups excluding carboxylic acids is 1. The predicted octanol–water partition coefficient (Wildman–Crippen LogP) is 1.66. The van der Waals surface area contributed by atoms with Gasteiger partial charge in [0.05, 0.1) is 13.3 Å². The highest BCUT2D eigenvalue weighted by Gasteiger charge is 2.07. The molecule has 0 aliphatic rings. The molecule has 0 aliphatic heterocycles. The Hall–Kier alpha value is -1.42. The molecule has 0 spiro atoms. The molecule has 0 aromatic carbocycles. The van der Waals surface area contributed by atoms with Gasteiger partial charge >= 0.3 is 0 Å². The lowest BCUT2D eigenvalue weighted by Crippen LogP contribution is -2.25. The molecule has 0 unspecified atom stereocenters. The molecule has 0 atom stereocenters. The number of ether oxygens (including phenoxy) is 1. The SMILES string of the molecule is COc1cncc(C(=O)CCNC(C)C)c1. The van der Waals surface area contributed by atoms with Crippen LogP contribution in [0.5, 0.6) is 5.75 Å². The van der Waals surface area contributed by atoms with E-state index in [1.807, 2.05) is 0 Å². The van der Waals surface area contributed by atoms with Gasteiger partial charge in [0.25, 0.3) is 0 Å². The van der Waals surface area contributed by atoms with Crippen LogP contribution in [0.25, 0.3) is 0 Å². The van der Waals surface area contributed by atoms with Crippen LogP contribution in [0, 0.1) is 0 Å². The number of pyridine rings is 1. The second kappa shape index (κ2) is 6.23. The highest BCUT2D eigenvalue weighted by Crippen LogP contribution is 2.11. The molecule has 0 aliphatic carbocycles. The van der Waals surface area contributed by atoms with Crippen molar-refractivity contribution >= 4 is 5.78 Å². The monoisotopic (exact) mass is 222 g/mol. The van der Waals surface area contributed by atoms with Crippen molar-refractivity contribution in [3.05, 3.63) is 24.0 Å². The first-order valence-corrected chi connectivity index (χ1v) is 5.39. The lowest BCUT2D eigenvalue weighted by Gasteiger charge is -2.07. The Morgan fingerprint density at radius 2 is 2.25 bits per heavy atom. The highest BCUT2D eigenvalue weighted by atomic mass is 16.5. The van der Waals surface area contributed by atoms with E-state index in [0.29, 0.717) is 30.3 Å². The Balaban J connectivity index is 2.52. The molecule has 0 fully saturated rings. The summed E-state index contributed by atoms with van der Waals surface area (Å²) in [5, 5.41) is 3.20. The van der Waals surface area contributed by atoms with Gasteiger partial charge < -0.3 is 10.1 Å². The summed E-state index contributed by atoms with van der Waals surface area (Å²) in [7, 11) is 1.56. The molecule has 0 saturated carbocycles. The number of hydrogen-bond donors (Lipinski definition) is 1. The van der Waals surface area contributed by atoms with E-state index >= 15 is 0 Å². The minimum Gasteiger partial charge on any atom is -0.495 e. The second-order valence-electron chi connectivity index (χ2n) is 3.90. The number of carbonyl (C=O) groups is 1. The molecule has 1 rings (SSSR count). The average Bonchev–Trinajstić information content (AvgIpc) is 2.28. The number of Topliss-reactive ketones (excluding diaryl/α,β-unsaturated/α-hetero) is 1. The van der Waals surface area contributed by atoms with Gasteiger partial charge in [-0.25, -0.2) is 0 Å². The van der Waals surface area contributed by atoms with E-state index in [9.17, 15) is 4.79 Å². The van der Waals surface area contributed by atoms with Crippen LogP contribution < -0.4 is 10.1 Å². The smallest absolute Gasteiger partial charge is 0.165 e. The van der Waals surface area contributed by atoms with Crippen molar-refractivity contribution in [1.29, 1.82) is 0 Å². The van der Waals surface area contributed by atoms with Crippen LogP contribution in [0.1, 0.15) is 30.6 Å². The second-order valence-corrected chi connectivity index (χ2v) is 3.90. The topological polar surface area (TPSA) is 51.2 Å². The summed E-state index contributed by atoms with van der Waals surface area (Å²) >= 11 is 0. The fourth-order valence-corrected chi connectivity index (χ4v) is 1.30. The number of hydrogen-bond acceptors (Lipinski definition) is 4. The molecule has 0 saturated heterocycles. The third-order valence-corrected chi connectivity index (χ3v) is 2.18. The molecule has 0 bridgehead atoms. The number of aromatic nitrogens is 1. The van der Waals surface area contributed by atoms with E-state index in [2.05, 4.69) is 24.1 Å². The average molecular weight is 222 g/mol. The number of rotatable bonds is 6. The molecule has 88 valence electrons. The maximum atomic E-state index is 11.8. The minimum atomic E-state index is 0.0829. The molecule has 0 radical (unpaired) electrons. The zero-order chi connectivity index (χ0) is 12.0. The van der Waals surface area contributed by atoms with Crippen LogP contribution >= 0.6 is 0 Å². The summed E-state index contributed by atoms with van der Waals surface area (Å²) in [6, 6.07) is 2.11. The summed E-state index contributed by atoms with van der Waals surface area (Å²) in [5.74, 6) is 0.696. The zero-order valence-corrected chi connectivity index (χ0v) is 9.99. The van der Waals surface area contributed by atoms with Crippen LogP contribution in [0.4, 0.5) is 0 Å². The quantitative estimate of drug-likeness (QED) is 0.744. The van der Waals surface area contributed by atoms with Gasteiger partial charge in [0.15, 0.2) is 5.78 Å². The maximum Gasteiger partial charge on any atom is 0.165 e. The van der Waals surface area contributed by atoms with Crippen molar-refractivity contribution in [2.24, 2.45) is 0 Å². The first kappa shape index (κ1) is 12.6. The van der Waals surface area contributed by atoms with Crippen LogP contribution in [0.3, 0.4) is 0 Å². The van der Waals surface area contributed by atoms with Crippen molar-refractivity contribution in [2.75, 3.05) is 13.7 Å². The van der Waals surface area contributed by atoms with Crippen LogP contribution in [-0.4, -0.2) is 30.5 Å². The number of nitrogens with one attached hydrogen (secondary N) is 1. The summed E-state index contributed by atoms with van der Waals surface area (Å²) in [4.78, 5) is 15.7. The molecular formula is C12H18N2O2. The summed E-state index contributed by atoms with van der Waals surface area (Å²) in [5.41, 5.74) is 0.602. The molecule has 1 N–H and O–H groups in total. The third-order valence-electron chi connectivity index (χ3n) is 2.18. The maximum absolute atomic E-state index is 11.8. The fourth-order valence-electron chi connectivity index (χ4n) is 1.30. The van der Waals surface area contributed by atoms with Gasteiger partial charge in [-0.15, -0.1) is 0 Å². The molecule has 4 heteroatoms. The molecule has 1 aromatic heterocycles. The van der Waals surface area contributed by atoms with Crippen molar-refractivity contribution in [2.45, 2.75) is 26.3 Å². The van der Waals surface area contributed by atoms with Crippen molar-refractivity contribution in [3.8, 4) is 5.75 Å². The standard InChI is InChI=1S/C12H18N2O2/c1-9(2)14-5-4-12(15)10-6-11(16-3)8-13-7-10/h6-9,14H,4-5H2,1-3H3.